The molecule has 1 heterocycles. The minimum absolute atomic E-state index is 0.128. The van der Waals surface area contributed by atoms with Gasteiger partial charge in [-0.25, -0.2) is 0 Å². The van der Waals surface area contributed by atoms with Crippen LogP contribution in [-0.2, 0) is 4.79 Å². The van der Waals surface area contributed by atoms with Crippen LogP contribution < -0.4 is 0 Å². The quantitative estimate of drug-likeness (QED) is 0.563. The van der Waals surface area contributed by atoms with E-state index < -0.39 is 0 Å². The molecular formula is C11H17NO. The van der Waals surface area contributed by atoms with Gasteiger partial charge < -0.3 is 4.90 Å². The van der Waals surface area contributed by atoms with E-state index in [0.29, 0.717) is 6.04 Å². The molecule has 2 unspecified atom stereocenters. The maximum Gasteiger partial charge on any atom is 0.246 e. The Kier molecular flexibility index (Phi) is 2.38. The lowest BCUT2D eigenvalue weighted by atomic mass is 9.84. The normalized spacial score (nSPS) is 32.8. The standard InChI is InChI=1S/C11H17NO/c1-2-11(13)12-8-9-6-4-3-5-7-10(9)12/h2,9-10H,1,3-8H2. The van der Waals surface area contributed by atoms with Crippen LogP contribution in [0.25, 0.3) is 0 Å². The lowest BCUT2D eigenvalue weighted by Gasteiger charge is -2.47. The third-order valence-electron chi connectivity index (χ3n) is 3.41. The Bertz CT molecular complexity index is 224. The van der Waals surface area contributed by atoms with E-state index in [2.05, 4.69) is 6.58 Å². The Morgan fingerprint density at radius 2 is 2.08 bits per heavy atom. The molecule has 2 nitrogen and oxygen atoms in total. The number of nitrogens with zero attached hydrogens (tertiary/aromatic N) is 1. The van der Waals surface area contributed by atoms with Crippen molar-refractivity contribution in [3.8, 4) is 0 Å². The van der Waals surface area contributed by atoms with Crippen LogP contribution in [0.5, 0.6) is 0 Å². The predicted octanol–water partition coefficient (Wildman–Crippen LogP) is 1.96. The van der Waals surface area contributed by atoms with E-state index in [9.17, 15) is 4.79 Å². The van der Waals surface area contributed by atoms with Crippen molar-refractivity contribution in [2.24, 2.45) is 5.92 Å². The molecule has 2 atom stereocenters. The van der Waals surface area contributed by atoms with Crippen LogP contribution in [0, 0.1) is 5.92 Å². The van der Waals surface area contributed by atoms with Crippen molar-refractivity contribution in [3.63, 3.8) is 0 Å². The highest BCUT2D eigenvalue weighted by Crippen LogP contribution is 2.35. The predicted molar refractivity (Wildman–Crippen MR) is 52.3 cm³/mol. The van der Waals surface area contributed by atoms with Gasteiger partial charge in [-0.2, -0.15) is 0 Å². The van der Waals surface area contributed by atoms with Crippen molar-refractivity contribution in [2.45, 2.75) is 38.1 Å². The molecule has 0 N–H and O–H groups in total. The maximum atomic E-state index is 11.4. The summed E-state index contributed by atoms with van der Waals surface area (Å²) in [5.74, 6) is 0.926. The lowest BCUT2D eigenvalue weighted by molar-refractivity contribution is -0.138. The average Bonchev–Trinajstić information content (AvgIpc) is 2.29. The van der Waals surface area contributed by atoms with E-state index in [1.165, 1.54) is 38.2 Å². The van der Waals surface area contributed by atoms with Gasteiger partial charge in [0.2, 0.25) is 5.91 Å². The highest BCUT2D eigenvalue weighted by Gasteiger charge is 2.40. The number of fused-ring (bicyclic) bond motifs is 1. The van der Waals surface area contributed by atoms with Crippen LogP contribution in [0.1, 0.15) is 32.1 Å². The number of carbonyl (C=O) groups excluding carboxylic acids is 1. The van der Waals surface area contributed by atoms with Gasteiger partial charge in [0.25, 0.3) is 0 Å². The molecule has 2 heteroatoms. The minimum Gasteiger partial charge on any atom is -0.335 e. The molecule has 1 amide bonds. The molecule has 1 saturated heterocycles. The van der Waals surface area contributed by atoms with Crippen LogP contribution >= 0.6 is 0 Å². The van der Waals surface area contributed by atoms with Crippen molar-refractivity contribution in [1.82, 2.24) is 4.90 Å². The molecule has 0 spiro atoms. The monoisotopic (exact) mass is 179 g/mol. The van der Waals surface area contributed by atoms with E-state index in [0.717, 1.165) is 12.5 Å². The van der Waals surface area contributed by atoms with Crippen molar-refractivity contribution < 1.29 is 4.79 Å². The first-order chi connectivity index (χ1) is 6.33. The Morgan fingerprint density at radius 3 is 2.85 bits per heavy atom. The summed E-state index contributed by atoms with van der Waals surface area (Å²) in [6.07, 6.45) is 7.99. The molecule has 1 aliphatic heterocycles. The second-order valence-electron chi connectivity index (χ2n) is 4.16. The van der Waals surface area contributed by atoms with E-state index in [1.54, 1.807) is 0 Å². The van der Waals surface area contributed by atoms with Gasteiger partial charge in [-0.3, -0.25) is 4.79 Å². The Balaban J connectivity index is 1.97. The van der Waals surface area contributed by atoms with Gasteiger partial charge in [0.05, 0.1) is 0 Å². The lowest BCUT2D eigenvalue weighted by Crippen LogP contribution is -2.57. The van der Waals surface area contributed by atoms with Crippen molar-refractivity contribution in [1.29, 1.82) is 0 Å². The fourth-order valence-corrected chi connectivity index (χ4v) is 2.61. The number of hydrogen-bond donors (Lipinski definition) is 0. The molecular weight excluding hydrogens is 162 g/mol. The zero-order chi connectivity index (χ0) is 9.26. The van der Waals surface area contributed by atoms with Gasteiger partial charge in [0.1, 0.15) is 0 Å². The minimum atomic E-state index is 0.128. The molecule has 0 bridgehead atoms. The molecule has 1 saturated carbocycles. The largest absolute Gasteiger partial charge is 0.335 e. The zero-order valence-corrected chi connectivity index (χ0v) is 8.04. The zero-order valence-electron chi connectivity index (χ0n) is 8.04. The molecule has 0 radical (unpaired) electrons. The fourth-order valence-electron chi connectivity index (χ4n) is 2.61. The summed E-state index contributed by atoms with van der Waals surface area (Å²) in [6.45, 7) is 4.52. The average molecular weight is 179 g/mol. The molecule has 72 valence electrons. The Hall–Kier alpha value is -0.790. The summed E-state index contributed by atoms with van der Waals surface area (Å²) in [7, 11) is 0. The van der Waals surface area contributed by atoms with Gasteiger partial charge in [-0.1, -0.05) is 25.8 Å². The van der Waals surface area contributed by atoms with Crippen molar-refractivity contribution in [2.75, 3.05) is 6.54 Å². The Morgan fingerprint density at radius 1 is 1.31 bits per heavy atom. The van der Waals surface area contributed by atoms with Crippen LogP contribution in [0.4, 0.5) is 0 Å². The number of carbonyl (C=O) groups is 1. The van der Waals surface area contributed by atoms with E-state index in [1.807, 2.05) is 4.90 Å². The first-order valence-electron chi connectivity index (χ1n) is 5.26. The molecule has 13 heavy (non-hydrogen) atoms. The van der Waals surface area contributed by atoms with Crippen molar-refractivity contribution >= 4 is 5.91 Å². The molecule has 2 fully saturated rings. The van der Waals surface area contributed by atoms with E-state index in [-0.39, 0.29) is 5.91 Å². The third-order valence-corrected chi connectivity index (χ3v) is 3.41. The van der Waals surface area contributed by atoms with Crippen LogP contribution in [0.2, 0.25) is 0 Å². The molecule has 2 aliphatic rings. The summed E-state index contributed by atoms with van der Waals surface area (Å²) in [5, 5.41) is 0. The van der Waals surface area contributed by atoms with Gasteiger partial charge in [0, 0.05) is 12.6 Å². The molecule has 0 aromatic carbocycles. The number of rotatable bonds is 1. The van der Waals surface area contributed by atoms with Gasteiger partial charge >= 0.3 is 0 Å². The first-order valence-corrected chi connectivity index (χ1v) is 5.26. The summed E-state index contributed by atoms with van der Waals surface area (Å²) in [6, 6.07) is 0.549. The van der Waals surface area contributed by atoms with Crippen LogP contribution in [0.15, 0.2) is 12.7 Å². The fraction of sp³-hybridized carbons (Fsp3) is 0.727. The smallest absolute Gasteiger partial charge is 0.246 e. The van der Waals surface area contributed by atoms with E-state index >= 15 is 0 Å². The summed E-state index contributed by atoms with van der Waals surface area (Å²) < 4.78 is 0. The maximum absolute atomic E-state index is 11.4. The Labute approximate surface area is 79.6 Å². The highest BCUT2D eigenvalue weighted by molar-refractivity contribution is 5.88. The van der Waals surface area contributed by atoms with Gasteiger partial charge in [0.15, 0.2) is 0 Å². The molecule has 2 rings (SSSR count). The van der Waals surface area contributed by atoms with Gasteiger partial charge in [-0.15, -0.1) is 0 Å². The summed E-state index contributed by atoms with van der Waals surface area (Å²) in [4.78, 5) is 13.4. The molecule has 1 aliphatic carbocycles. The number of amides is 1. The SMILES string of the molecule is C=CC(=O)N1CC2CCCCCC21. The topological polar surface area (TPSA) is 20.3 Å². The highest BCUT2D eigenvalue weighted by atomic mass is 16.2. The second kappa shape index (κ2) is 3.52. The summed E-state index contributed by atoms with van der Waals surface area (Å²) in [5.41, 5.74) is 0. The molecule has 0 aromatic heterocycles. The first kappa shape index (κ1) is 8.79. The second-order valence-corrected chi connectivity index (χ2v) is 4.16. The number of hydrogen-bond acceptors (Lipinski definition) is 1. The van der Waals surface area contributed by atoms with Crippen LogP contribution in [-0.4, -0.2) is 23.4 Å². The number of likely N-dealkylation sites (tertiary alicyclic amines) is 1. The van der Waals surface area contributed by atoms with Crippen molar-refractivity contribution in [3.05, 3.63) is 12.7 Å². The van der Waals surface area contributed by atoms with Gasteiger partial charge in [-0.05, 0) is 24.8 Å². The third kappa shape index (κ3) is 1.50. The molecule has 0 aromatic rings. The summed E-state index contributed by atoms with van der Waals surface area (Å²) >= 11 is 0. The van der Waals surface area contributed by atoms with E-state index in [4.69, 9.17) is 0 Å². The van der Waals surface area contributed by atoms with Crippen LogP contribution in [0.3, 0.4) is 0 Å².